The van der Waals surface area contributed by atoms with Crippen molar-refractivity contribution in [1.29, 1.82) is 0 Å². The molecular formula is C15H20N6O2. The highest BCUT2D eigenvalue weighted by Crippen LogP contribution is 2.39. The maximum absolute atomic E-state index is 12.8. The minimum Gasteiger partial charge on any atom is -0.481 e. The van der Waals surface area contributed by atoms with Crippen LogP contribution in [0.5, 0.6) is 5.88 Å². The second-order valence-electron chi connectivity index (χ2n) is 5.58. The van der Waals surface area contributed by atoms with Crippen LogP contribution in [0.25, 0.3) is 0 Å². The van der Waals surface area contributed by atoms with Gasteiger partial charge in [0.25, 0.3) is 5.91 Å². The van der Waals surface area contributed by atoms with E-state index < -0.39 is 0 Å². The number of methoxy groups -OCH3 is 1. The Balaban J connectivity index is 1.98. The summed E-state index contributed by atoms with van der Waals surface area (Å²) >= 11 is 0. The predicted molar refractivity (Wildman–Crippen MR) is 84.0 cm³/mol. The van der Waals surface area contributed by atoms with Crippen LogP contribution in [0.1, 0.15) is 40.6 Å². The second-order valence-corrected chi connectivity index (χ2v) is 5.58. The SMILES string of the molecule is COc1c([C@H]2CCCN2C(=O)c2nccnc2N)c(C)nn1C. The maximum Gasteiger partial charge on any atom is 0.276 e. The summed E-state index contributed by atoms with van der Waals surface area (Å²) in [5.74, 6) is 0.626. The van der Waals surface area contributed by atoms with E-state index >= 15 is 0 Å². The van der Waals surface area contributed by atoms with E-state index in [9.17, 15) is 4.79 Å². The summed E-state index contributed by atoms with van der Waals surface area (Å²) in [6.07, 6.45) is 4.72. The molecule has 1 saturated heterocycles. The number of anilines is 1. The highest BCUT2D eigenvalue weighted by molar-refractivity contribution is 5.96. The van der Waals surface area contributed by atoms with E-state index in [0.29, 0.717) is 12.4 Å². The van der Waals surface area contributed by atoms with Crippen LogP contribution in [0.3, 0.4) is 0 Å². The third kappa shape index (κ3) is 2.49. The first-order valence-corrected chi connectivity index (χ1v) is 7.49. The van der Waals surface area contributed by atoms with Crippen LogP contribution < -0.4 is 10.5 Å². The molecule has 0 spiro atoms. The van der Waals surface area contributed by atoms with Gasteiger partial charge in [0.2, 0.25) is 5.88 Å². The number of nitrogens with two attached hydrogens (primary N) is 1. The van der Waals surface area contributed by atoms with Gasteiger partial charge in [-0.15, -0.1) is 0 Å². The van der Waals surface area contributed by atoms with Gasteiger partial charge in [0, 0.05) is 26.0 Å². The van der Waals surface area contributed by atoms with Crippen LogP contribution in [0.4, 0.5) is 5.82 Å². The average molecular weight is 316 g/mol. The lowest BCUT2D eigenvalue weighted by Gasteiger charge is -2.25. The summed E-state index contributed by atoms with van der Waals surface area (Å²) in [4.78, 5) is 22.7. The number of ether oxygens (including phenoxy) is 1. The predicted octanol–water partition coefficient (Wildman–Crippen LogP) is 1.09. The molecule has 1 fully saturated rings. The number of carbonyl (C=O) groups excluding carboxylic acids is 1. The fourth-order valence-corrected chi connectivity index (χ4v) is 3.24. The number of aromatic nitrogens is 4. The molecule has 8 nitrogen and oxygen atoms in total. The van der Waals surface area contributed by atoms with E-state index in [1.807, 2.05) is 14.0 Å². The minimum absolute atomic E-state index is 0.0902. The van der Waals surface area contributed by atoms with Crippen molar-refractivity contribution in [3.63, 3.8) is 0 Å². The molecule has 0 aliphatic carbocycles. The largest absolute Gasteiger partial charge is 0.481 e. The normalized spacial score (nSPS) is 17.5. The summed E-state index contributed by atoms with van der Waals surface area (Å²) in [7, 11) is 3.44. The van der Waals surface area contributed by atoms with Crippen molar-refractivity contribution in [1.82, 2.24) is 24.6 Å². The van der Waals surface area contributed by atoms with Gasteiger partial charge in [0.15, 0.2) is 11.5 Å². The van der Waals surface area contributed by atoms with Crippen molar-refractivity contribution in [3.05, 3.63) is 29.3 Å². The highest BCUT2D eigenvalue weighted by atomic mass is 16.5. The van der Waals surface area contributed by atoms with E-state index in [1.54, 1.807) is 16.7 Å². The van der Waals surface area contributed by atoms with Crippen LogP contribution in [0, 0.1) is 6.92 Å². The lowest BCUT2D eigenvalue weighted by atomic mass is 10.0. The number of amides is 1. The molecule has 1 aliphatic heterocycles. The van der Waals surface area contributed by atoms with Crippen LogP contribution in [0.2, 0.25) is 0 Å². The Morgan fingerprint density at radius 1 is 1.39 bits per heavy atom. The third-order valence-electron chi connectivity index (χ3n) is 4.18. The highest BCUT2D eigenvalue weighted by Gasteiger charge is 2.36. The lowest BCUT2D eigenvalue weighted by Crippen LogP contribution is -2.32. The molecule has 3 heterocycles. The van der Waals surface area contributed by atoms with Crippen molar-refractivity contribution >= 4 is 11.7 Å². The molecule has 1 aliphatic rings. The third-order valence-corrected chi connectivity index (χ3v) is 4.18. The van der Waals surface area contributed by atoms with Gasteiger partial charge in [-0.05, 0) is 19.8 Å². The summed E-state index contributed by atoms with van der Waals surface area (Å²) in [6.45, 7) is 2.58. The monoisotopic (exact) mass is 316 g/mol. The van der Waals surface area contributed by atoms with Gasteiger partial charge in [-0.2, -0.15) is 5.10 Å². The molecule has 1 amide bonds. The molecular weight excluding hydrogens is 296 g/mol. The standard InChI is InChI=1S/C15H20N6O2/c1-9-11(15(23-3)20(2)19-9)10-5-4-8-21(10)14(22)12-13(16)18-7-6-17-12/h6-7,10H,4-5,8H2,1-3H3,(H2,16,18)/t10-/m1/s1. The zero-order chi connectivity index (χ0) is 16.6. The number of aryl methyl sites for hydroxylation is 2. The molecule has 0 aromatic carbocycles. The minimum atomic E-state index is -0.205. The first-order chi connectivity index (χ1) is 11.0. The number of nitrogens with zero attached hydrogens (tertiary/aromatic N) is 5. The summed E-state index contributed by atoms with van der Waals surface area (Å²) in [6, 6.07) is -0.0902. The smallest absolute Gasteiger partial charge is 0.276 e. The first-order valence-electron chi connectivity index (χ1n) is 7.49. The van der Waals surface area contributed by atoms with E-state index in [-0.39, 0.29) is 23.5 Å². The molecule has 2 aromatic rings. The van der Waals surface area contributed by atoms with Crippen molar-refractivity contribution < 1.29 is 9.53 Å². The molecule has 0 radical (unpaired) electrons. The Labute approximate surface area is 134 Å². The second kappa shape index (κ2) is 5.86. The van der Waals surface area contributed by atoms with Crippen LogP contribution in [-0.4, -0.2) is 44.2 Å². The Kier molecular flexibility index (Phi) is 3.89. The zero-order valence-electron chi connectivity index (χ0n) is 13.5. The zero-order valence-corrected chi connectivity index (χ0v) is 13.5. The van der Waals surface area contributed by atoms with Gasteiger partial charge in [-0.25, -0.2) is 14.6 Å². The van der Waals surface area contributed by atoms with Crippen molar-refractivity contribution in [3.8, 4) is 5.88 Å². The van der Waals surface area contributed by atoms with Crippen molar-refractivity contribution in [2.24, 2.45) is 7.05 Å². The van der Waals surface area contributed by atoms with Gasteiger partial charge in [-0.3, -0.25) is 4.79 Å². The maximum atomic E-state index is 12.8. The van der Waals surface area contributed by atoms with E-state index in [0.717, 1.165) is 24.1 Å². The molecule has 2 aromatic heterocycles. The quantitative estimate of drug-likeness (QED) is 0.910. The van der Waals surface area contributed by atoms with Crippen LogP contribution in [-0.2, 0) is 7.05 Å². The van der Waals surface area contributed by atoms with Gasteiger partial charge in [0.1, 0.15) is 0 Å². The van der Waals surface area contributed by atoms with Gasteiger partial charge >= 0.3 is 0 Å². The van der Waals surface area contributed by atoms with Crippen molar-refractivity contribution in [2.75, 3.05) is 19.4 Å². The Hall–Kier alpha value is -2.64. The van der Waals surface area contributed by atoms with E-state index in [1.165, 1.54) is 12.4 Å². The summed E-state index contributed by atoms with van der Waals surface area (Å²) in [5.41, 5.74) is 7.81. The fourth-order valence-electron chi connectivity index (χ4n) is 3.24. The number of rotatable bonds is 3. The Morgan fingerprint density at radius 3 is 2.83 bits per heavy atom. The Bertz CT molecular complexity index is 742. The van der Waals surface area contributed by atoms with Crippen LogP contribution in [0.15, 0.2) is 12.4 Å². The number of hydrogen-bond donors (Lipinski definition) is 1. The molecule has 2 N–H and O–H groups in total. The fraction of sp³-hybridized carbons (Fsp3) is 0.467. The molecule has 0 unspecified atom stereocenters. The van der Waals surface area contributed by atoms with Gasteiger partial charge < -0.3 is 15.4 Å². The lowest BCUT2D eigenvalue weighted by molar-refractivity contribution is 0.0728. The van der Waals surface area contributed by atoms with Gasteiger partial charge in [0.05, 0.1) is 24.4 Å². The number of nitrogen functional groups attached to an aromatic ring is 1. The molecule has 0 saturated carbocycles. The summed E-state index contributed by atoms with van der Waals surface area (Å²) < 4.78 is 7.17. The topological polar surface area (TPSA) is 99.2 Å². The number of carbonyl (C=O) groups is 1. The number of hydrogen-bond acceptors (Lipinski definition) is 6. The molecule has 0 bridgehead atoms. The molecule has 1 atom stereocenters. The number of likely N-dealkylation sites (tertiary alicyclic amines) is 1. The van der Waals surface area contributed by atoms with Gasteiger partial charge in [-0.1, -0.05) is 0 Å². The molecule has 122 valence electrons. The first kappa shape index (κ1) is 15.3. The summed E-state index contributed by atoms with van der Waals surface area (Å²) in [5, 5.41) is 4.41. The van der Waals surface area contributed by atoms with Crippen LogP contribution >= 0.6 is 0 Å². The molecule has 23 heavy (non-hydrogen) atoms. The average Bonchev–Trinajstić information content (AvgIpc) is 3.10. The molecule has 8 heteroatoms. The van der Waals surface area contributed by atoms with E-state index in [4.69, 9.17) is 10.5 Å². The van der Waals surface area contributed by atoms with Crippen molar-refractivity contribution in [2.45, 2.75) is 25.8 Å². The Morgan fingerprint density at radius 2 is 2.13 bits per heavy atom. The van der Waals surface area contributed by atoms with E-state index in [2.05, 4.69) is 15.1 Å². The molecule has 3 rings (SSSR count).